The van der Waals surface area contributed by atoms with Crippen LogP contribution >= 0.6 is 11.6 Å². The Morgan fingerprint density at radius 3 is 2.43 bits per heavy atom. The number of anilines is 2. The van der Waals surface area contributed by atoms with E-state index in [-0.39, 0.29) is 10.5 Å². The summed E-state index contributed by atoms with van der Waals surface area (Å²) in [5.41, 5.74) is 1.30. The van der Waals surface area contributed by atoms with Crippen molar-refractivity contribution in [3.8, 4) is 0 Å². The Bertz CT molecular complexity index is 636. The van der Waals surface area contributed by atoms with Crippen molar-refractivity contribution in [1.29, 1.82) is 0 Å². The van der Waals surface area contributed by atoms with E-state index >= 15 is 0 Å². The Labute approximate surface area is 144 Å². The largest absolute Gasteiger partial charge is 0.340 e. The highest BCUT2D eigenvalue weighted by Gasteiger charge is 2.32. The molecule has 0 fully saturated rings. The third-order valence-corrected chi connectivity index (χ3v) is 5.64. The second-order valence-corrected chi connectivity index (χ2v) is 7.82. The van der Waals surface area contributed by atoms with Gasteiger partial charge >= 0.3 is 0 Å². The summed E-state index contributed by atoms with van der Waals surface area (Å²) in [6.07, 6.45) is 7.26. The first kappa shape index (κ1) is 18.4. The normalized spacial score (nSPS) is 17.7. The zero-order chi connectivity index (χ0) is 17.0. The monoisotopic (exact) mass is 360 g/mol. The van der Waals surface area contributed by atoms with E-state index in [2.05, 4.69) is 11.8 Å². The summed E-state index contributed by atoms with van der Waals surface area (Å²) in [7, 11) is -2.38. The fraction of sp³-hybridized carbons (Fsp3) is 0.625. The molecule has 1 aromatic carbocycles. The van der Waals surface area contributed by atoms with Gasteiger partial charge in [0.2, 0.25) is 0 Å². The minimum atomic E-state index is -4.20. The highest BCUT2D eigenvalue weighted by atomic mass is 35.5. The second kappa shape index (κ2) is 7.73. The molecule has 130 valence electrons. The molecule has 23 heavy (non-hydrogen) atoms. The average molecular weight is 361 g/mol. The summed E-state index contributed by atoms with van der Waals surface area (Å²) in [6, 6.07) is 4.61. The minimum Gasteiger partial charge on any atom is -0.340 e. The predicted molar refractivity (Wildman–Crippen MR) is 95.0 cm³/mol. The van der Waals surface area contributed by atoms with Gasteiger partial charge < -0.3 is 9.80 Å². The van der Waals surface area contributed by atoms with Gasteiger partial charge in [0.1, 0.15) is 0 Å². The molecule has 1 atom stereocenters. The molecule has 1 N–H and O–H groups in total. The standard InChI is InChI=1S/C16H25ClN2O3S/c1-3-4-5-6-7-8-11-19-14-10-9-13(23(20,21)22)12-15(14)18(2)16(19)17/h9-10,12,16H,3-8,11H2,1-2H3,(H,20,21,22). The van der Waals surface area contributed by atoms with Gasteiger partial charge in [-0.2, -0.15) is 8.42 Å². The maximum atomic E-state index is 11.3. The molecule has 0 saturated carbocycles. The molecule has 0 aliphatic carbocycles. The Balaban J connectivity index is 2.04. The van der Waals surface area contributed by atoms with Crippen molar-refractivity contribution in [1.82, 2.24) is 0 Å². The molecule has 0 spiro atoms. The van der Waals surface area contributed by atoms with Crippen LogP contribution in [0.25, 0.3) is 0 Å². The first-order chi connectivity index (χ1) is 10.9. The average Bonchev–Trinajstić information content (AvgIpc) is 2.74. The summed E-state index contributed by atoms with van der Waals surface area (Å²) >= 11 is 6.46. The number of nitrogens with zero attached hydrogens (tertiary/aromatic N) is 2. The SMILES string of the molecule is CCCCCCCCN1c2ccc(S(=O)(=O)O)cc2N(C)C1Cl. The molecule has 1 aromatic rings. The van der Waals surface area contributed by atoms with Crippen molar-refractivity contribution >= 4 is 33.1 Å². The molecule has 1 heterocycles. The van der Waals surface area contributed by atoms with Crippen molar-refractivity contribution in [2.24, 2.45) is 0 Å². The van der Waals surface area contributed by atoms with E-state index in [0.717, 1.165) is 24.3 Å². The minimum absolute atomic E-state index is 0.103. The molecule has 0 saturated heterocycles. The van der Waals surface area contributed by atoms with Crippen LogP contribution in [0.2, 0.25) is 0 Å². The van der Waals surface area contributed by atoms with Gasteiger partial charge in [0.05, 0.1) is 16.3 Å². The highest BCUT2D eigenvalue weighted by molar-refractivity contribution is 7.85. The number of halogens is 1. The molecule has 0 radical (unpaired) electrons. The zero-order valence-corrected chi connectivity index (χ0v) is 15.3. The Morgan fingerprint density at radius 1 is 1.13 bits per heavy atom. The van der Waals surface area contributed by atoms with Gasteiger partial charge in [-0.25, -0.2) is 0 Å². The van der Waals surface area contributed by atoms with Gasteiger partial charge in [-0.05, 0) is 24.6 Å². The molecule has 1 aliphatic rings. The summed E-state index contributed by atoms with van der Waals surface area (Å²) in [5.74, 6) is 0. The molecule has 1 aliphatic heterocycles. The van der Waals surface area contributed by atoms with Crippen LogP contribution in [0.4, 0.5) is 11.4 Å². The van der Waals surface area contributed by atoms with Crippen LogP contribution in [0.5, 0.6) is 0 Å². The Kier molecular flexibility index (Phi) is 6.17. The molecular weight excluding hydrogens is 336 g/mol. The summed E-state index contributed by atoms with van der Waals surface area (Å²) in [5, 5.41) is 0. The number of benzene rings is 1. The number of hydrogen-bond acceptors (Lipinski definition) is 4. The summed E-state index contributed by atoms with van der Waals surface area (Å²) in [6.45, 7) is 3.04. The van der Waals surface area contributed by atoms with Crippen molar-refractivity contribution in [2.45, 2.75) is 56.0 Å². The highest BCUT2D eigenvalue weighted by Crippen LogP contribution is 2.41. The van der Waals surface area contributed by atoms with E-state index in [1.165, 1.54) is 44.2 Å². The van der Waals surface area contributed by atoms with Gasteiger partial charge in [-0.1, -0.05) is 50.6 Å². The van der Waals surface area contributed by atoms with Crippen LogP contribution in [0.3, 0.4) is 0 Å². The zero-order valence-electron chi connectivity index (χ0n) is 13.7. The molecule has 0 amide bonds. The third kappa shape index (κ3) is 4.31. The molecule has 2 rings (SSSR count). The topological polar surface area (TPSA) is 60.9 Å². The predicted octanol–water partition coefficient (Wildman–Crippen LogP) is 4.07. The van der Waals surface area contributed by atoms with Crippen LogP contribution in [0.15, 0.2) is 23.1 Å². The molecular formula is C16H25ClN2O3S. The lowest BCUT2D eigenvalue weighted by Gasteiger charge is -2.25. The summed E-state index contributed by atoms with van der Waals surface area (Å²) in [4.78, 5) is 3.79. The lowest BCUT2D eigenvalue weighted by molar-refractivity contribution is 0.483. The van der Waals surface area contributed by atoms with Crippen molar-refractivity contribution in [3.05, 3.63) is 18.2 Å². The quantitative estimate of drug-likeness (QED) is 0.327. The first-order valence-electron chi connectivity index (χ1n) is 8.11. The Morgan fingerprint density at radius 2 is 1.78 bits per heavy atom. The van der Waals surface area contributed by atoms with Gasteiger partial charge in [0, 0.05) is 13.6 Å². The fourth-order valence-electron chi connectivity index (χ4n) is 2.92. The summed E-state index contributed by atoms with van der Waals surface area (Å²) < 4.78 is 31.8. The van der Waals surface area contributed by atoms with Crippen LogP contribution in [0.1, 0.15) is 45.4 Å². The van der Waals surface area contributed by atoms with Crippen molar-refractivity contribution in [2.75, 3.05) is 23.4 Å². The smallest absolute Gasteiger partial charge is 0.294 e. The van der Waals surface area contributed by atoms with E-state index in [1.54, 1.807) is 6.07 Å². The lowest BCUT2D eigenvalue weighted by atomic mass is 10.1. The van der Waals surface area contributed by atoms with Gasteiger partial charge in [-0.3, -0.25) is 4.55 Å². The van der Waals surface area contributed by atoms with Gasteiger partial charge in [0.25, 0.3) is 10.1 Å². The number of unbranched alkanes of at least 4 members (excludes halogenated alkanes) is 5. The third-order valence-electron chi connectivity index (χ3n) is 4.26. The van der Waals surface area contributed by atoms with E-state index < -0.39 is 10.1 Å². The molecule has 1 unspecified atom stereocenters. The number of alkyl halides is 1. The van der Waals surface area contributed by atoms with Crippen LogP contribution < -0.4 is 9.80 Å². The first-order valence-corrected chi connectivity index (χ1v) is 9.99. The van der Waals surface area contributed by atoms with E-state index in [9.17, 15) is 13.0 Å². The molecule has 0 bridgehead atoms. The lowest BCUT2D eigenvalue weighted by Crippen LogP contribution is -2.37. The number of fused-ring (bicyclic) bond motifs is 1. The van der Waals surface area contributed by atoms with Gasteiger partial charge in [-0.15, -0.1) is 0 Å². The van der Waals surface area contributed by atoms with Crippen molar-refractivity contribution in [3.63, 3.8) is 0 Å². The molecule has 0 aromatic heterocycles. The molecule has 7 heteroatoms. The maximum Gasteiger partial charge on any atom is 0.294 e. The number of hydrogen-bond donors (Lipinski definition) is 1. The van der Waals surface area contributed by atoms with E-state index in [1.807, 2.05) is 11.9 Å². The Hall–Kier alpha value is -0.980. The number of rotatable bonds is 8. The maximum absolute atomic E-state index is 11.3. The van der Waals surface area contributed by atoms with Crippen LogP contribution in [-0.4, -0.2) is 32.2 Å². The second-order valence-electron chi connectivity index (χ2n) is 6.01. The molecule has 5 nitrogen and oxygen atoms in total. The van der Waals surface area contributed by atoms with Crippen LogP contribution in [-0.2, 0) is 10.1 Å². The fourth-order valence-corrected chi connectivity index (χ4v) is 3.73. The van der Waals surface area contributed by atoms with E-state index in [4.69, 9.17) is 11.6 Å². The van der Waals surface area contributed by atoms with E-state index in [0.29, 0.717) is 0 Å². The van der Waals surface area contributed by atoms with Crippen LogP contribution in [0, 0.1) is 0 Å². The van der Waals surface area contributed by atoms with Crippen molar-refractivity contribution < 1.29 is 13.0 Å². The van der Waals surface area contributed by atoms with Gasteiger partial charge in [0.15, 0.2) is 5.62 Å².